The molecular formula is C14H16O3. The summed E-state index contributed by atoms with van der Waals surface area (Å²) in [7, 11) is 0. The van der Waals surface area contributed by atoms with Crippen LogP contribution in [0.5, 0.6) is 0 Å². The number of aliphatic hydroxyl groups excluding tert-OH is 1. The Morgan fingerprint density at radius 3 is 2.82 bits per heavy atom. The van der Waals surface area contributed by atoms with Crippen molar-refractivity contribution in [3.8, 4) is 0 Å². The third kappa shape index (κ3) is 2.39. The lowest BCUT2D eigenvalue weighted by atomic mass is 9.97. The van der Waals surface area contributed by atoms with Crippen molar-refractivity contribution < 1.29 is 14.6 Å². The first-order valence-electron chi connectivity index (χ1n) is 5.68. The molecule has 3 nitrogen and oxygen atoms in total. The highest BCUT2D eigenvalue weighted by Crippen LogP contribution is 2.25. The summed E-state index contributed by atoms with van der Waals surface area (Å²) in [5, 5.41) is 9.33. The molecular weight excluding hydrogens is 216 g/mol. The van der Waals surface area contributed by atoms with Crippen molar-refractivity contribution in [2.24, 2.45) is 0 Å². The molecule has 0 spiro atoms. The van der Waals surface area contributed by atoms with E-state index < -0.39 is 0 Å². The molecule has 1 aliphatic rings. The number of esters is 1. The van der Waals surface area contributed by atoms with Crippen LogP contribution in [-0.4, -0.2) is 11.1 Å². The Bertz CT molecular complexity index is 482. The van der Waals surface area contributed by atoms with Gasteiger partial charge in [-0.2, -0.15) is 0 Å². The minimum Gasteiger partial charge on any atom is -0.457 e. The van der Waals surface area contributed by atoms with Crippen LogP contribution in [0.1, 0.15) is 40.9 Å². The van der Waals surface area contributed by atoms with E-state index in [9.17, 15) is 9.90 Å². The average Bonchev–Trinajstić information content (AvgIpc) is 2.66. The third-order valence-electron chi connectivity index (χ3n) is 2.90. The van der Waals surface area contributed by atoms with Crippen LogP contribution in [0.15, 0.2) is 23.8 Å². The van der Waals surface area contributed by atoms with Gasteiger partial charge >= 0.3 is 5.97 Å². The molecule has 1 aromatic carbocycles. The molecule has 0 saturated carbocycles. The van der Waals surface area contributed by atoms with Crippen LogP contribution in [0.25, 0.3) is 0 Å². The van der Waals surface area contributed by atoms with Crippen molar-refractivity contribution in [1.82, 2.24) is 0 Å². The van der Waals surface area contributed by atoms with Gasteiger partial charge in [0.25, 0.3) is 0 Å². The Hall–Kier alpha value is -1.61. The fourth-order valence-corrected chi connectivity index (χ4v) is 1.92. The van der Waals surface area contributed by atoms with Gasteiger partial charge in [0, 0.05) is 5.56 Å². The van der Waals surface area contributed by atoms with Crippen LogP contribution in [0, 0.1) is 0 Å². The van der Waals surface area contributed by atoms with E-state index in [4.69, 9.17) is 4.74 Å². The highest BCUT2D eigenvalue weighted by molar-refractivity contribution is 5.93. The molecule has 0 aromatic heterocycles. The fraction of sp³-hybridized carbons (Fsp3) is 0.357. The lowest BCUT2D eigenvalue weighted by molar-refractivity contribution is 0.0535. The maximum atomic E-state index is 11.5. The van der Waals surface area contributed by atoms with E-state index in [0.29, 0.717) is 12.2 Å². The first-order valence-corrected chi connectivity index (χ1v) is 5.68. The first-order chi connectivity index (χ1) is 8.11. The largest absolute Gasteiger partial charge is 0.457 e. The van der Waals surface area contributed by atoms with Gasteiger partial charge in [-0.05, 0) is 43.5 Å². The summed E-state index contributed by atoms with van der Waals surface area (Å²) in [6, 6.07) is 3.71. The summed E-state index contributed by atoms with van der Waals surface area (Å²) in [5.41, 5.74) is 4.60. The van der Waals surface area contributed by atoms with E-state index in [1.807, 2.05) is 26.0 Å². The quantitative estimate of drug-likeness (QED) is 0.642. The maximum Gasteiger partial charge on any atom is 0.338 e. The summed E-state index contributed by atoms with van der Waals surface area (Å²) >= 11 is 0. The van der Waals surface area contributed by atoms with Gasteiger partial charge in [0.05, 0.1) is 12.2 Å². The summed E-state index contributed by atoms with van der Waals surface area (Å²) in [6.07, 6.45) is 2.82. The van der Waals surface area contributed by atoms with Crippen LogP contribution in [0.4, 0.5) is 0 Å². The summed E-state index contributed by atoms with van der Waals surface area (Å²) < 4.78 is 4.97. The fourth-order valence-electron chi connectivity index (χ4n) is 1.92. The predicted molar refractivity (Wildman–Crippen MR) is 64.6 cm³/mol. The Morgan fingerprint density at radius 1 is 1.41 bits per heavy atom. The number of ether oxygens (including phenoxy) is 1. The maximum absolute atomic E-state index is 11.5. The van der Waals surface area contributed by atoms with Gasteiger partial charge in [-0.25, -0.2) is 4.79 Å². The van der Waals surface area contributed by atoms with Crippen molar-refractivity contribution in [3.63, 3.8) is 0 Å². The predicted octanol–water partition coefficient (Wildman–Crippen LogP) is 2.36. The summed E-state index contributed by atoms with van der Waals surface area (Å²) in [4.78, 5) is 11.5. The molecule has 0 saturated heterocycles. The number of allylic oxidation sites excluding steroid dienone is 2. The van der Waals surface area contributed by atoms with Gasteiger partial charge in [-0.1, -0.05) is 11.6 Å². The Morgan fingerprint density at radius 2 is 2.18 bits per heavy atom. The topological polar surface area (TPSA) is 46.5 Å². The van der Waals surface area contributed by atoms with Gasteiger partial charge in [0.15, 0.2) is 0 Å². The molecule has 1 aromatic rings. The Labute approximate surface area is 101 Å². The smallest absolute Gasteiger partial charge is 0.338 e. The number of carbonyl (C=O) groups excluding carboxylic acids is 1. The highest BCUT2D eigenvalue weighted by atomic mass is 16.5. The van der Waals surface area contributed by atoms with E-state index in [2.05, 4.69) is 6.08 Å². The lowest BCUT2D eigenvalue weighted by Crippen LogP contribution is -1.99. The van der Waals surface area contributed by atoms with Crippen molar-refractivity contribution in [2.45, 2.75) is 33.5 Å². The normalized spacial score (nSPS) is 13.2. The Kier molecular flexibility index (Phi) is 3.29. The number of cyclic esters (lactones) is 1. The van der Waals surface area contributed by atoms with Crippen molar-refractivity contribution in [2.75, 3.05) is 0 Å². The van der Waals surface area contributed by atoms with Gasteiger partial charge in [0.2, 0.25) is 0 Å². The molecule has 1 N–H and O–H groups in total. The minimum atomic E-state index is -0.261. The Balaban J connectivity index is 2.40. The first kappa shape index (κ1) is 11.9. The molecule has 0 atom stereocenters. The van der Waals surface area contributed by atoms with Gasteiger partial charge in [-0.3, -0.25) is 0 Å². The number of rotatable bonds is 3. The van der Waals surface area contributed by atoms with Crippen LogP contribution in [0.3, 0.4) is 0 Å². The average molecular weight is 232 g/mol. The van der Waals surface area contributed by atoms with E-state index >= 15 is 0 Å². The molecule has 90 valence electrons. The van der Waals surface area contributed by atoms with E-state index in [0.717, 1.165) is 23.1 Å². The van der Waals surface area contributed by atoms with E-state index in [1.54, 1.807) is 0 Å². The zero-order chi connectivity index (χ0) is 12.4. The third-order valence-corrected chi connectivity index (χ3v) is 2.90. The second kappa shape index (κ2) is 4.72. The zero-order valence-corrected chi connectivity index (χ0v) is 10.1. The van der Waals surface area contributed by atoms with E-state index in [-0.39, 0.29) is 12.6 Å². The van der Waals surface area contributed by atoms with Crippen LogP contribution >= 0.6 is 0 Å². The monoisotopic (exact) mass is 232 g/mol. The van der Waals surface area contributed by atoms with Gasteiger partial charge < -0.3 is 9.84 Å². The molecule has 0 bridgehead atoms. The highest BCUT2D eigenvalue weighted by Gasteiger charge is 2.22. The second-order valence-electron chi connectivity index (χ2n) is 4.50. The van der Waals surface area contributed by atoms with Gasteiger partial charge in [0.1, 0.15) is 6.61 Å². The number of fused-ring (bicyclic) bond motifs is 1. The molecule has 0 aliphatic carbocycles. The van der Waals surface area contributed by atoms with Crippen LogP contribution < -0.4 is 0 Å². The molecule has 0 unspecified atom stereocenters. The van der Waals surface area contributed by atoms with Gasteiger partial charge in [-0.15, -0.1) is 0 Å². The molecule has 0 amide bonds. The van der Waals surface area contributed by atoms with Crippen molar-refractivity contribution in [3.05, 3.63) is 46.0 Å². The SMILES string of the molecule is CC(C)=CCc1cc2c(cc1CO)COC2=O. The zero-order valence-electron chi connectivity index (χ0n) is 10.1. The molecule has 0 radical (unpaired) electrons. The molecule has 2 rings (SSSR count). The number of aliphatic hydroxyl groups is 1. The minimum absolute atomic E-state index is 0.00654. The number of carbonyl (C=O) groups is 1. The van der Waals surface area contributed by atoms with Crippen molar-refractivity contribution >= 4 is 5.97 Å². The molecule has 17 heavy (non-hydrogen) atoms. The molecule has 1 heterocycles. The summed E-state index contributed by atoms with van der Waals surface area (Å²) in [6.45, 7) is 4.37. The number of hydrogen-bond donors (Lipinski definition) is 1. The van der Waals surface area contributed by atoms with Crippen LogP contribution in [-0.2, 0) is 24.4 Å². The number of hydrogen-bond acceptors (Lipinski definition) is 3. The molecule has 0 fully saturated rings. The second-order valence-corrected chi connectivity index (χ2v) is 4.50. The standard InChI is InChI=1S/C14H16O3/c1-9(2)3-4-10-6-13-12(5-11(10)7-15)8-17-14(13)16/h3,5-6,15H,4,7-8H2,1-2H3. The van der Waals surface area contributed by atoms with Crippen LogP contribution in [0.2, 0.25) is 0 Å². The lowest BCUT2D eigenvalue weighted by Gasteiger charge is -2.07. The number of benzene rings is 1. The van der Waals surface area contributed by atoms with Crippen molar-refractivity contribution in [1.29, 1.82) is 0 Å². The molecule has 1 aliphatic heterocycles. The van der Waals surface area contributed by atoms with E-state index in [1.165, 1.54) is 5.57 Å². The molecule has 3 heteroatoms. The summed E-state index contributed by atoms with van der Waals surface area (Å²) in [5.74, 6) is -0.261.